The molecule has 0 N–H and O–H groups in total. The Hall–Kier alpha value is -8.04. The maximum atomic E-state index is 14.1. The molecule has 0 spiro atoms. The van der Waals surface area contributed by atoms with E-state index in [1.165, 1.54) is 12.1 Å². The van der Waals surface area contributed by atoms with Crippen LogP contribution in [0, 0.1) is 6.92 Å². The number of fused-ring (bicyclic) bond motifs is 9. The van der Waals surface area contributed by atoms with Crippen LogP contribution in [0.15, 0.2) is 194 Å². The fraction of sp³-hybridized carbons (Fsp3) is 0.0526. The molecule has 0 saturated heterocycles. The van der Waals surface area contributed by atoms with Crippen LogP contribution in [-0.2, 0) is 12.4 Å². The molecular weight excluding hydrogens is 841 g/mol. The fourth-order valence-electron chi connectivity index (χ4n) is 9.82. The Morgan fingerprint density at radius 2 is 0.561 bits per heavy atom. The SMILES string of the molecule is Cc1ccc(-n2c3ccc(-c4ccc5c(c4)c4cc(C(F)(F)F)ccc4n5-c4ccccc4)cc3c3cc(-c4ccc5c(c4)c4cc(C(F)(F)F)ccc4n5-c4ccccc4)ccc32)cc1. The molecular formula is C57H35F6N3. The predicted molar refractivity (Wildman–Crippen MR) is 255 cm³/mol. The standard InChI is InChI=1S/C57H35F6N3/c1-34-12-20-43(21-13-34)66-50-22-14-35(37-16-24-52-46(30-37)48-32-39(56(58,59)60)18-26-54(48)64(52)41-8-4-2-5-9-41)28-44(50)45-29-36(15-23-51(45)66)38-17-25-53-47(31-38)49-33-40(57(61,62)63)19-27-55(49)65(53)42-10-6-3-7-11-42/h2-33H,1H3. The molecule has 3 aromatic heterocycles. The van der Waals surface area contributed by atoms with E-state index in [1.54, 1.807) is 12.1 Å². The molecule has 0 unspecified atom stereocenters. The quantitative estimate of drug-likeness (QED) is 0.153. The van der Waals surface area contributed by atoms with E-state index in [0.717, 1.165) is 89.9 Å². The van der Waals surface area contributed by atoms with Crippen molar-refractivity contribution < 1.29 is 26.3 Å². The molecule has 0 bridgehead atoms. The normalized spacial score (nSPS) is 12.5. The first-order valence-electron chi connectivity index (χ1n) is 21.5. The fourth-order valence-corrected chi connectivity index (χ4v) is 9.82. The van der Waals surface area contributed by atoms with Crippen molar-refractivity contribution in [2.45, 2.75) is 19.3 Å². The van der Waals surface area contributed by atoms with Crippen molar-refractivity contribution >= 4 is 65.4 Å². The first-order valence-corrected chi connectivity index (χ1v) is 21.5. The topological polar surface area (TPSA) is 14.8 Å². The number of aryl methyl sites for hydroxylation is 1. The van der Waals surface area contributed by atoms with Gasteiger partial charge in [-0.2, -0.15) is 26.3 Å². The van der Waals surface area contributed by atoms with E-state index in [9.17, 15) is 26.3 Å². The van der Waals surface area contributed by atoms with Crippen LogP contribution < -0.4 is 0 Å². The van der Waals surface area contributed by atoms with Gasteiger partial charge >= 0.3 is 12.4 Å². The first kappa shape index (κ1) is 39.5. The van der Waals surface area contributed by atoms with Gasteiger partial charge in [0, 0.05) is 49.4 Å². The summed E-state index contributed by atoms with van der Waals surface area (Å²) in [6, 6.07) is 59.9. The number of para-hydroxylation sites is 2. The zero-order valence-corrected chi connectivity index (χ0v) is 35.1. The second-order valence-electron chi connectivity index (χ2n) is 16.9. The predicted octanol–water partition coefficient (Wildman–Crippen LogP) is 16.7. The summed E-state index contributed by atoms with van der Waals surface area (Å²) < 4.78 is 91.1. The van der Waals surface area contributed by atoms with Crippen LogP contribution in [0.1, 0.15) is 16.7 Å². The van der Waals surface area contributed by atoms with Crippen LogP contribution in [0.4, 0.5) is 26.3 Å². The van der Waals surface area contributed by atoms with Crippen LogP contribution in [0.3, 0.4) is 0 Å². The molecule has 320 valence electrons. The third-order valence-corrected chi connectivity index (χ3v) is 12.9. The molecule has 9 heteroatoms. The number of rotatable bonds is 5. The van der Waals surface area contributed by atoms with Gasteiger partial charge in [-0.25, -0.2) is 0 Å². The monoisotopic (exact) mass is 875 g/mol. The third kappa shape index (κ3) is 6.29. The van der Waals surface area contributed by atoms with Crippen molar-refractivity contribution in [1.82, 2.24) is 13.7 Å². The molecule has 0 atom stereocenters. The molecule has 0 saturated carbocycles. The van der Waals surface area contributed by atoms with E-state index in [0.29, 0.717) is 32.6 Å². The van der Waals surface area contributed by atoms with Crippen LogP contribution in [0.25, 0.3) is 105 Å². The Morgan fingerprint density at radius 1 is 0.288 bits per heavy atom. The van der Waals surface area contributed by atoms with Gasteiger partial charge in [0.15, 0.2) is 0 Å². The van der Waals surface area contributed by atoms with Crippen molar-refractivity contribution in [1.29, 1.82) is 0 Å². The summed E-state index contributed by atoms with van der Waals surface area (Å²) >= 11 is 0. The largest absolute Gasteiger partial charge is 0.416 e. The first-order chi connectivity index (χ1) is 31.9. The van der Waals surface area contributed by atoms with E-state index in [4.69, 9.17) is 0 Å². The van der Waals surface area contributed by atoms with Crippen molar-refractivity contribution in [3.8, 4) is 39.3 Å². The van der Waals surface area contributed by atoms with Crippen molar-refractivity contribution in [2.24, 2.45) is 0 Å². The lowest BCUT2D eigenvalue weighted by atomic mass is 9.98. The summed E-state index contributed by atoms with van der Waals surface area (Å²) in [5.41, 5.74) is 10.7. The smallest absolute Gasteiger partial charge is 0.309 e. The zero-order chi connectivity index (χ0) is 45.1. The second kappa shape index (κ2) is 14.5. The average Bonchev–Trinajstić information content (AvgIpc) is 3.96. The van der Waals surface area contributed by atoms with Gasteiger partial charge in [0.25, 0.3) is 0 Å². The third-order valence-electron chi connectivity index (χ3n) is 12.9. The molecule has 12 rings (SSSR count). The minimum absolute atomic E-state index is 0.505. The summed E-state index contributed by atoms with van der Waals surface area (Å²) in [6.45, 7) is 2.05. The molecule has 0 aliphatic carbocycles. The highest BCUT2D eigenvalue weighted by Crippen LogP contribution is 2.43. The molecule has 0 fully saturated rings. The average molecular weight is 876 g/mol. The number of hydrogen-bond donors (Lipinski definition) is 0. The minimum atomic E-state index is -4.51. The Labute approximate surface area is 373 Å². The van der Waals surface area contributed by atoms with Gasteiger partial charge in [-0.1, -0.05) is 78.4 Å². The maximum Gasteiger partial charge on any atom is 0.416 e. The molecule has 0 radical (unpaired) electrons. The Bertz CT molecular complexity index is 3660. The number of aromatic nitrogens is 3. The minimum Gasteiger partial charge on any atom is -0.309 e. The second-order valence-corrected chi connectivity index (χ2v) is 16.9. The van der Waals surface area contributed by atoms with E-state index in [-0.39, 0.29) is 0 Å². The zero-order valence-electron chi connectivity index (χ0n) is 35.1. The van der Waals surface area contributed by atoms with Crippen LogP contribution in [0.5, 0.6) is 0 Å². The Morgan fingerprint density at radius 3 is 0.864 bits per heavy atom. The number of benzene rings is 9. The van der Waals surface area contributed by atoms with Gasteiger partial charge in [-0.15, -0.1) is 0 Å². The molecule has 66 heavy (non-hydrogen) atoms. The molecule has 0 aliphatic heterocycles. The van der Waals surface area contributed by atoms with Gasteiger partial charge < -0.3 is 13.7 Å². The van der Waals surface area contributed by atoms with Crippen molar-refractivity contribution in [2.75, 3.05) is 0 Å². The van der Waals surface area contributed by atoms with Crippen molar-refractivity contribution in [3.63, 3.8) is 0 Å². The summed E-state index contributed by atoms with van der Waals surface area (Å²) in [6.07, 6.45) is -9.02. The van der Waals surface area contributed by atoms with E-state index in [1.807, 2.05) is 113 Å². The molecule has 3 nitrogen and oxygen atoms in total. The highest BCUT2D eigenvalue weighted by atomic mass is 19.4. The van der Waals surface area contributed by atoms with E-state index < -0.39 is 23.5 Å². The van der Waals surface area contributed by atoms with Gasteiger partial charge in [0.2, 0.25) is 0 Å². The van der Waals surface area contributed by atoms with Crippen LogP contribution >= 0.6 is 0 Å². The lowest BCUT2D eigenvalue weighted by Gasteiger charge is -2.10. The molecule has 9 aromatic carbocycles. The van der Waals surface area contributed by atoms with Crippen LogP contribution in [-0.4, -0.2) is 13.7 Å². The molecule has 12 aromatic rings. The summed E-state index contributed by atoms with van der Waals surface area (Å²) in [7, 11) is 0. The lowest BCUT2D eigenvalue weighted by molar-refractivity contribution is -0.138. The molecule has 0 aliphatic rings. The van der Waals surface area contributed by atoms with E-state index >= 15 is 0 Å². The van der Waals surface area contributed by atoms with Gasteiger partial charge in [-0.3, -0.25) is 0 Å². The highest BCUT2D eigenvalue weighted by Gasteiger charge is 2.32. The Kier molecular flexibility index (Phi) is 8.68. The van der Waals surface area contributed by atoms with Gasteiger partial charge in [0.1, 0.15) is 0 Å². The number of alkyl halides is 6. The van der Waals surface area contributed by atoms with Gasteiger partial charge in [0.05, 0.1) is 44.2 Å². The van der Waals surface area contributed by atoms with Crippen molar-refractivity contribution in [3.05, 3.63) is 211 Å². The van der Waals surface area contributed by atoms with E-state index in [2.05, 4.69) is 65.2 Å². The van der Waals surface area contributed by atoms with Gasteiger partial charge in [-0.05, 0) is 151 Å². The molecule has 0 amide bonds. The van der Waals surface area contributed by atoms with Crippen LogP contribution in [0.2, 0.25) is 0 Å². The maximum absolute atomic E-state index is 14.1. The molecule has 3 heterocycles. The highest BCUT2D eigenvalue weighted by molar-refractivity contribution is 6.15. The summed E-state index contributed by atoms with van der Waals surface area (Å²) in [5, 5.41) is 4.35. The number of halogens is 6. The number of hydrogen-bond acceptors (Lipinski definition) is 0. The lowest BCUT2D eigenvalue weighted by Crippen LogP contribution is -2.04. The Balaban J connectivity index is 1.06. The summed E-state index contributed by atoms with van der Waals surface area (Å²) in [4.78, 5) is 0. The summed E-state index contributed by atoms with van der Waals surface area (Å²) in [5.74, 6) is 0. The number of nitrogens with zero attached hydrogens (tertiary/aromatic N) is 3.